The molecule has 1 aliphatic rings. The van der Waals surface area contributed by atoms with Crippen molar-refractivity contribution in [2.24, 2.45) is 7.05 Å². The lowest BCUT2D eigenvalue weighted by Crippen LogP contribution is -2.27. The largest absolute Gasteiger partial charge is 0.393 e. The molecule has 0 spiro atoms. The topological polar surface area (TPSA) is 75.9 Å². The van der Waals surface area contributed by atoms with E-state index in [1.807, 2.05) is 37.1 Å². The summed E-state index contributed by atoms with van der Waals surface area (Å²) in [6.45, 7) is 2.72. The van der Waals surface area contributed by atoms with Gasteiger partial charge >= 0.3 is 0 Å². The fourth-order valence-corrected chi connectivity index (χ4v) is 2.66. The number of aliphatic hydroxyl groups excluding tert-OH is 1. The van der Waals surface area contributed by atoms with Crippen molar-refractivity contribution in [2.75, 3.05) is 11.9 Å². The summed E-state index contributed by atoms with van der Waals surface area (Å²) in [5.41, 5.74) is 2.25. The summed E-state index contributed by atoms with van der Waals surface area (Å²) in [5.74, 6) is 2.01. The zero-order valence-electron chi connectivity index (χ0n) is 12.5. The second kappa shape index (κ2) is 5.81. The minimum absolute atomic E-state index is 0.160. The average molecular weight is 287 g/mol. The minimum atomic E-state index is -0.160. The molecule has 1 saturated carbocycles. The van der Waals surface area contributed by atoms with E-state index in [2.05, 4.69) is 20.4 Å². The monoisotopic (exact) mass is 287 g/mol. The molecule has 112 valence electrons. The minimum Gasteiger partial charge on any atom is -0.393 e. The highest BCUT2D eigenvalue weighted by Crippen LogP contribution is 2.36. The Morgan fingerprint density at radius 2 is 2.19 bits per heavy atom. The Hall–Kier alpha value is -1.95. The normalized spacial score (nSPS) is 21.1. The van der Waals surface area contributed by atoms with Crippen LogP contribution in [0.5, 0.6) is 0 Å². The number of aromatic nitrogens is 4. The Morgan fingerprint density at radius 3 is 2.86 bits per heavy atom. The Morgan fingerprint density at radius 1 is 1.38 bits per heavy atom. The predicted molar refractivity (Wildman–Crippen MR) is 80.2 cm³/mol. The first-order chi connectivity index (χ1) is 10.1. The zero-order chi connectivity index (χ0) is 14.8. The highest BCUT2D eigenvalue weighted by molar-refractivity contribution is 5.37. The van der Waals surface area contributed by atoms with Gasteiger partial charge in [0.1, 0.15) is 11.6 Å². The maximum Gasteiger partial charge on any atom is 0.129 e. The van der Waals surface area contributed by atoms with Crippen molar-refractivity contribution in [3.05, 3.63) is 35.5 Å². The van der Waals surface area contributed by atoms with Crippen molar-refractivity contribution < 1.29 is 5.11 Å². The average Bonchev–Trinajstić information content (AvgIpc) is 2.80. The Balaban J connectivity index is 1.59. The number of anilines is 1. The molecule has 3 rings (SSSR count). The predicted octanol–water partition coefficient (Wildman–Crippen LogP) is 1.41. The van der Waals surface area contributed by atoms with Gasteiger partial charge in [-0.3, -0.25) is 4.68 Å². The molecule has 0 amide bonds. The highest BCUT2D eigenvalue weighted by atomic mass is 16.3. The van der Waals surface area contributed by atoms with Gasteiger partial charge in [-0.1, -0.05) is 0 Å². The highest BCUT2D eigenvalue weighted by Gasteiger charge is 2.30. The van der Waals surface area contributed by atoms with Crippen LogP contribution < -0.4 is 5.32 Å². The van der Waals surface area contributed by atoms with Crippen LogP contribution in [0.15, 0.2) is 18.5 Å². The fraction of sp³-hybridized carbons (Fsp3) is 0.533. The van der Waals surface area contributed by atoms with Gasteiger partial charge in [0, 0.05) is 37.5 Å². The quantitative estimate of drug-likeness (QED) is 0.869. The van der Waals surface area contributed by atoms with Gasteiger partial charge in [-0.15, -0.1) is 0 Å². The lowest BCUT2D eigenvalue weighted by molar-refractivity contribution is 0.0731. The lowest BCUT2D eigenvalue weighted by atomic mass is 9.80. The molecule has 0 aliphatic heterocycles. The smallest absolute Gasteiger partial charge is 0.129 e. The third-order valence-corrected chi connectivity index (χ3v) is 3.87. The van der Waals surface area contributed by atoms with Gasteiger partial charge < -0.3 is 10.4 Å². The van der Waals surface area contributed by atoms with E-state index in [4.69, 9.17) is 0 Å². The van der Waals surface area contributed by atoms with Crippen molar-refractivity contribution in [3.8, 4) is 0 Å². The molecule has 2 N–H and O–H groups in total. The maximum absolute atomic E-state index is 9.42. The van der Waals surface area contributed by atoms with Crippen molar-refractivity contribution >= 4 is 5.82 Å². The molecule has 0 unspecified atom stereocenters. The Bertz CT molecular complexity index is 618. The number of hydrogen-bond acceptors (Lipinski definition) is 5. The molecular weight excluding hydrogens is 266 g/mol. The van der Waals surface area contributed by atoms with Crippen LogP contribution in [0, 0.1) is 6.92 Å². The van der Waals surface area contributed by atoms with Crippen LogP contribution in [-0.4, -0.2) is 37.5 Å². The molecule has 0 atom stereocenters. The second-order valence-corrected chi connectivity index (χ2v) is 5.75. The van der Waals surface area contributed by atoms with Crippen LogP contribution in [-0.2, 0) is 13.5 Å². The fourth-order valence-electron chi connectivity index (χ4n) is 2.66. The van der Waals surface area contributed by atoms with Crippen LogP contribution in [0.2, 0.25) is 0 Å². The second-order valence-electron chi connectivity index (χ2n) is 5.75. The number of aryl methyl sites for hydroxylation is 2. The van der Waals surface area contributed by atoms with Crippen molar-refractivity contribution in [1.29, 1.82) is 0 Å². The number of nitrogens with one attached hydrogen (secondary N) is 1. The summed E-state index contributed by atoms with van der Waals surface area (Å²) in [6, 6.07) is 2.01. The molecule has 21 heavy (non-hydrogen) atoms. The van der Waals surface area contributed by atoms with Crippen LogP contribution in [0.1, 0.15) is 35.8 Å². The molecule has 0 radical (unpaired) electrons. The van der Waals surface area contributed by atoms with Crippen molar-refractivity contribution in [2.45, 2.75) is 38.2 Å². The summed E-state index contributed by atoms with van der Waals surface area (Å²) in [7, 11) is 1.92. The van der Waals surface area contributed by atoms with E-state index in [0.717, 1.165) is 43.1 Å². The molecule has 2 aromatic heterocycles. The van der Waals surface area contributed by atoms with E-state index in [0.29, 0.717) is 5.92 Å². The summed E-state index contributed by atoms with van der Waals surface area (Å²) in [4.78, 5) is 8.91. The van der Waals surface area contributed by atoms with Gasteiger partial charge in [0.15, 0.2) is 0 Å². The number of rotatable bonds is 5. The first kappa shape index (κ1) is 14.0. The SMILES string of the molecule is Cc1nc(NCCc2cnn(C)c2)cc(C2CC(O)C2)n1. The molecule has 2 heterocycles. The number of hydrogen-bond donors (Lipinski definition) is 2. The lowest BCUT2D eigenvalue weighted by Gasteiger charge is -2.31. The molecule has 2 aromatic rings. The number of nitrogens with zero attached hydrogens (tertiary/aromatic N) is 4. The van der Waals surface area contributed by atoms with E-state index < -0.39 is 0 Å². The summed E-state index contributed by atoms with van der Waals surface area (Å²) in [5, 5.41) is 16.9. The molecule has 0 bridgehead atoms. The van der Waals surface area contributed by atoms with Crippen molar-refractivity contribution in [1.82, 2.24) is 19.7 Å². The van der Waals surface area contributed by atoms with E-state index in [1.54, 1.807) is 0 Å². The van der Waals surface area contributed by atoms with E-state index in [9.17, 15) is 5.11 Å². The summed E-state index contributed by atoms with van der Waals surface area (Å²) in [6.07, 6.45) is 6.28. The van der Waals surface area contributed by atoms with Crippen LogP contribution in [0.4, 0.5) is 5.82 Å². The molecule has 6 heteroatoms. The van der Waals surface area contributed by atoms with Crippen LogP contribution in [0.25, 0.3) is 0 Å². The van der Waals surface area contributed by atoms with Gasteiger partial charge in [-0.2, -0.15) is 5.10 Å². The third-order valence-electron chi connectivity index (χ3n) is 3.87. The first-order valence-electron chi connectivity index (χ1n) is 7.35. The number of aliphatic hydroxyl groups is 1. The van der Waals surface area contributed by atoms with Gasteiger partial charge in [0.2, 0.25) is 0 Å². The van der Waals surface area contributed by atoms with Crippen LogP contribution >= 0.6 is 0 Å². The van der Waals surface area contributed by atoms with Gasteiger partial charge in [0.25, 0.3) is 0 Å². The van der Waals surface area contributed by atoms with Gasteiger partial charge in [-0.05, 0) is 31.7 Å². The molecular formula is C15H21N5O. The van der Waals surface area contributed by atoms with Crippen molar-refractivity contribution in [3.63, 3.8) is 0 Å². The Labute approximate surface area is 124 Å². The molecule has 0 aromatic carbocycles. The van der Waals surface area contributed by atoms with E-state index in [1.165, 1.54) is 5.56 Å². The van der Waals surface area contributed by atoms with E-state index >= 15 is 0 Å². The van der Waals surface area contributed by atoms with Crippen LogP contribution in [0.3, 0.4) is 0 Å². The molecule has 6 nitrogen and oxygen atoms in total. The summed E-state index contributed by atoms with van der Waals surface area (Å²) >= 11 is 0. The van der Waals surface area contributed by atoms with Gasteiger partial charge in [0.05, 0.1) is 12.3 Å². The first-order valence-corrected chi connectivity index (χ1v) is 7.35. The van der Waals surface area contributed by atoms with E-state index in [-0.39, 0.29) is 6.10 Å². The molecule has 0 saturated heterocycles. The Kier molecular flexibility index (Phi) is 3.88. The summed E-state index contributed by atoms with van der Waals surface area (Å²) < 4.78 is 1.81. The van der Waals surface area contributed by atoms with Gasteiger partial charge in [-0.25, -0.2) is 9.97 Å². The third kappa shape index (κ3) is 3.39. The zero-order valence-corrected chi connectivity index (χ0v) is 12.5. The standard InChI is InChI=1S/C15H21N5O/c1-10-18-14(12-5-13(21)6-12)7-15(19-10)16-4-3-11-8-17-20(2)9-11/h7-9,12-13,21H,3-6H2,1-2H3,(H,16,18,19). The molecule has 1 aliphatic carbocycles. The maximum atomic E-state index is 9.42. The molecule has 1 fully saturated rings.